The molecule has 0 aliphatic carbocycles. The first-order chi connectivity index (χ1) is 11.1. The van der Waals surface area contributed by atoms with Crippen molar-refractivity contribution in [2.45, 2.75) is 0 Å². The van der Waals surface area contributed by atoms with E-state index >= 15 is 0 Å². The van der Waals surface area contributed by atoms with Crippen LogP contribution in [0.25, 0.3) is 0 Å². The van der Waals surface area contributed by atoms with Crippen molar-refractivity contribution in [1.82, 2.24) is 9.88 Å². The van der Waals surface area contributed by atoms with Crippen molar-refractivity contribution in [3.63, 3.8) is 0 Å². The zero-order valence-electron chi connectivity index (χ0n) is 12.2. The first-order valence-electron chi connectivity index (χ1n) is 7.10. The van der Waals surface area contributed by atoms with E-state index in [1.165, 1.54) is 11.3 Å². The minimum Gasteiger partial charge on any atom is -0.365 e. The third kappa shape index (κ3) is 3.23. The van der Waals surface area contributed by atoms with Gasteiger partial charge in [0.1, 0.15) is 10.7 Å². The van der Waals surface area contributed by atoms with E-state index in [1.54, 1.807) is 18.3 Å². The fourth-order valence-corrected chi connectivity index (χ4v) is 4.06. The number of primary amides is 1. The van der Waals surface area contributed by atoms with Crippen LogP contribution in [0.4, 0.5) is 5.82 Å². The molecule has 3 heterocycles. The molecule has 2 aromatic heterocycles. The Hall–Kier alpha value is -1.93. The van der Waals surface area contributed by atoms with Crippen LogP contribution in [0.5, 0.6) is 0 Å². The molecule has 1 saturated heterocycles. The second kappa shape index (κ2) is 6.67. The summed E-state index contributed by atoms with van der Waals surface area (Å²) in [5.41, 5.74) is 5.81. The van der Waals surface area contributed by atoms with Crippen LogP contribution in [0.15, 0.2) is 34.2 Å². The number of anilines is 1. The largest absolute Gasteiger partial charge is 0.365 e. The molecule has 0 unspecified atom stereocenters. The van der Waals surface area contributed by atoms with Crippen LogP contribution in [0, 0.1) is 0 Å². The number of rotatable bonds is 3. The maximum absolute atomic E-state index is 12.5. The lowest BCUT2D eigenvalue weighted by atomic mass is 10.2. The molecule has 0 radical (unpaired) electrons. The number of carbonyl (C=O) groups is 2. The molecule has 8 heteroatoms. The number of piperazine rings is 1. The van der Waals surface area contributed by atoms with Gasteiger partial charge in [0.05, 0.1) is 5.56 Å². The van der Waals surface area contributed by atoms with Crippen LogP contribution >= 0.6 is 27.3 Å². The van der Waals surface area contributed by atoms with Crippen LogP contribution in [0.1, 0.15) is 20.0 Å². The molecular formula is C15H15BrN4O2S. The normalized spacial score (nSPS) is 14.8. The predicted molar refractivity (Wildman–Crippen MR) is 92.9 cm³/mol. The van der Waals surface area contributed by atoms with Crippen molar-refractivity contribution in [3.05, 3.63) is 44.7 Å². The topological polar surface area (TPSA) is 79.5 Å². The van der Waals surface area contributed by atoms with Crippen LogP contribution < -0.4 is 10.6 Å². The minimum absolute atomic E-state index is 0.0303. The molecule has 23 heavy (non-hydrogen) atoms. The maximum Gasteiger partial charge on any atom is 0.265 e. The zero-order chi connectivity index (χ0) is 16.4. The average Bonchev–Trinajstić information content (AvgIpc) is 3.00. The van der Waals surface area contributed by atoms with Crippen LogP contribution in [-0.4, -0.2) is 47.9 Å². The molecule has 0 spiro atoms. The molecular weight excluding hydrogens is 380 g/mol. The molecule has 1 aliphatic rings. The molecule has 1 aliphatic heterocycles. The Balaban J connectivity index is 1.71. The molecule has 0 aromatic carbocycles. The molecule has 0 bridgehead atoms. The molecule has 2 amide bonds. The van der Waals surface area contributed by atoms with Gasteiger partial charge in [0.2, 0.25) is 0 Å². The highest BCUT2D eigenvalue weighted by Crippen LogP contribution is 2.25. The number of amides is 2. The highest BCUT2D eigenvalue weighted by atomic mass is 79.9. The number of hydrogen-bond donors (Lipinski definition) is 1. The monoisotopic (exact) mass is 394 g/mol. The van der Waals surface area contributed by atoms with E-state index in [4.69, 9.17) is 5.73 Å². The highest BCUT2D eigenvalue weighted by molar-refractivity contribution is 9.10. The van der Waals surface area contributed by atoms with Crippen LogP contribution in [-0.2, 0) is 0 Å². The summed E-state index contributed by atoms with van der Waals surface area (Å²) in [4.78, 5) is 32.8. The molecule has 3 rings (SSSR count). The van der Waals surface area contributed by atoms with Gasteiger partial charge in [-0.15, -0.1) is 11.3 Å². The third-order valence-electron chi connectivity index (χ3n) is 3.73. The second-order valence-electron chi connectivity index (χ2n) is 5.12. The predicted octanol–water partition coefficient (Wildman–Crippen LogP) is 1.97. The summed E-state index contributed by atoms with van der Waals surface area (Å²) in [6, 6.07) is 5.24. The van der Waals surface area contributed by atoms with Crippen LogP contribution in [0.3, 0.4) is 0 Å². The molecule has 0 atom stereocenters. The lowest BCUT2D eigenvalue weighted by Gasteiger charge is -2.35. The van der Waals surface area contributed by atoms with Gasteiger partial charge in [-0.25, -0.2) is 4.98 Å². The number of nitrogens with zero attached hydrogens (tertiary/aromatic N) is 3. The summed E-state index contributed by atoms with van der Waals surface area (Å²) in [5, 5.41) is 1.89. The fraction of sp³-hybridized carbons (Fsp3) is 0.267. The standard InChI is InChI=1S/C15H15BrN4O2S/c16-11-3-9-23-12(11)15(22)20-7-5-19(6-8-20)14-10(13(17)21)2-1-4-18-14/h1-4,9H,5-8H2,(H2,17,21). The quantitative estimate of drug-likeness (QED) is 0.862. The van der Waals surface area contributed by atoms with Gasteiger partial charge in [0, 0.05) is 36.8 Å². The van der Waals surface area contributed by atoms with Crippen molar-refractivity contribution in [2.75, 3.05) is 31.1 Å². The first-order valence-corrected chi connectivity index (χ1v) is 8.77. The summed E-state index contributed by atoms with van der Waals surface area (Å²) in [5.74, 6) is 0.126. The Labute approximate surface area is 146 Å². The smallest absolute Gasteiger partial charge is 0.265 e. The van der Waals surface area contributed by atoms with E-state index in [9.17, 15) is 9.59 Å². The van der Waals surface area contributed by atoms with Crippen molar-refractivity contribution in [1.29, 1.82) is 0 Å². The molecule has 2 N–H and O–H groups in total. The SMILES string of the molecule is NC(=O)c1cccnc1N1CCN(C(=O)c2sccc2Br)CC1. The number of carbonyl (C=O) groups excluding carboxylic acids is 2. The maximum atomic E-state index is 12.5. The van der Waals surface area contributed by atoms with Crippen molar-refractivity contribution in [3.8, 4) is 0 Å². The summed E-state index contributed by atoms with van der Waals surface area (Å²) < 4.78 is 0.829. The van der Waals surface area contributed by atoms with Gasteiger partial charge < -0.3 is 15.5 Å². The van der Waals surface area contributed by atoms with E-state index in [1.807, 2.05) is 21.2 Å². The lowest BCUT2D eigenvalue weighted by molar-refractivity contribution is 0.0750. The zero-order valence-corrected chi connectivity index (χ0v) is 14.6. The second-order valence-corrected chi connectivity index (χ2v) is 6.89. The van der Waals surface area contributed by atoms with Gasteiger partial charge in [-0.2, -0.15) is 0 Å². The van der Waals surface area contributed by atoms with Crippen molar-refractivity contribution in [2.24, 2.45) is 5.73 Å². The number of hydrogen-bond acceptors (Lipinski definition) is 5. The van der Waals surface area contributed by atoms with E-state index in [0.717, 1.165) is 4.47 Å². The molecule has 2 aromatic rings. The van der Waals surface area contributed by atoms with Crippen molar-refractivity contribution >= 4 is 44.9 Å². The third-order valence-corrected chi connectivity index (χ3v) is 5.56. The van der Waals surface area contributed by atoms with Gasteiger partial charge in [0.25, 0.3) is 11.8 Å². The Morgan fingerprint density at radius 1 is 1.22 bits per heavy atom. The molecule has 0 saturated carbocycles. The van der Waals surface area contributed by atoms with Gasteiger partial charge in [0.15, 0.2) is 0 Å². The minimum atomic E-state index is -0.492. The van der Waals surface area contributed by atoms with Gasteiger partial charge >= 0.3 is 0 Å². The number of thiophene rings is 1. The number of pyridine rings is 1. The lowest BCUT2D eigenvalue weighted by Crippen LogP contribution is -2.49. The van der Waals surface area contributed by atoms with Gasteiger partial charge in [-0.1, -0.05) is 0 Å². The van der Waals surface area contributed by atoms with Crippen LogP contribution in [0.2, 0.25) is 0 Å². The summed E-state index contributed by atoms with van der Waals surface area (Å²) in [6.07, 6.45) is 1.64. The molecule has 6 nitrogen and oxygen atoms in total. The first kappa shape index (κ1) is 15.9. The highest BCUT2D eigenvalue weighted by Gasteiger charge is 2.26. The van der Waals surface area contributed by atoms with E-state index in [2.05, 4.69) is 20.9 Å². The molecule has 1 fully saturated rings. The number of halogens is 1. The summed E-state index contributed by atoms with van der Waals surface area (Å²) >= 11 is 4.83. The number of aromatic nitrogens is 1. The average molecular weight is 395 g/mol. The summed E-state index contributed by atoms with van der Waals surface area (Å²) in [6.45, 7) is 2.40. The summed E-state index contributed by atoms with van der Waals surface area (Å²) in [7, 11) is 0. The van der Waals surface area contributed by atoms with Gasteiger partial charge in [-0.3, -0.25) is 9.59 Å². The van der Waals surface area contributed by atoms with E-state index in [-0.39, 0.29) is 5.91 Å². The Bertz CT molecular complexity index is 741. The Morgan fingerprint density at radius 3 is 2.57 bits per heavy atom. The van der Waals surface area contributed by atoms with Gasteiger partial charge in [-0.05, 0) is 39.5 Å². The fourth-order valence-electron chi connectivity index (χ4n) is 2.55. The van der Waals surface area contributed by atoms with E-state index in [0.29, 0.717) is 42.4 Å². The van der Waals surface area contributed by atoms with Crippen molar-refractivity contribution < 1.29 is 9.59 Å². The molecule has 120 valence electrons. The van der Waals surface area contributed by atoms with E-state index < -0.39 is 5.91 Å². The number of nitrogens with two attached hydrogens (primary N) is 1. The Morgan fingerprint density at radius 2 is 1.96 bits per heavy atom. The Kier molecular flexibility index (Phi) is 4.63.